The lowest BCUT2D eigenvalue weighted by Crippen LogP contribution is -2.42. The van der Waals surface area contributed by atoms with E-state index in [1.54, 1.807) is 11.3 Å². The number of nitrogens with zero attached hydrogens (tertiary/aromatic N) is 2. The number of aryl methyl sites for hydroxylation is 1. The van der Waals surface area contributed by atoms with Crippen LogP contribution in [0.25, 0.3) is 10.2 Å². The lowest BCUT2D eigenvalue weighted by molar-refractivity contribution is -0.132. The number of hydrogen-bond acceptors (Lipinski definition) is 4. The Labute approximate surface area is 167 Å². The third-order valence-electron chi connectivity index (χ3n) is 4.96. The highest BCUT2D eigenvalue weighted by molar-refractivity contribution is 7.20. The molecule has 1 amide bonds. The summed E-state index contributed by atoms with van der Waals surface area (Å²) in [6.07, 6.45) is 2.10. The second-order valence-electron chi connectivity index (χ2n) is 6.87. The first-order valence-electron chi connectivity index (χ1n) is 9.14. The SMILES string of the molecule is Cc1cccc2sc(OC3CCN(C(=O)Cc4ccccc4Cl)CC3)nc12. The van der Waals surface area contributed by atoms with Gasteiger partial charge in [0.15, 0.2) is 0 Å². The standard InChI is InChI=1S/C21H21ClN2O2S/c1-14-5-4-8-18-20(14)23-21(27-18)26-16-9-11-24(12-10-16)19(25)13-15-6-2-3-7-17(15)22/h2-8,16H,9-13H2,1H3. The predicted molar refractivity (Wildman–Crippen MR) is 110 cm³/mol. The molecule has 1 aliphatic rings. The Morgan fingerprint density at radius 2 is 2.00 bits per heavy atom. The highest BCUT2D eigenvalue weighted by Crippen LogP contribution is 2.31. The number of amides is 1. The summed E-state index contributed by atoms with van der Waals surface area (Å²) in [4.78, 5) is 19.1. The minimum Gasteiger partial charge on any atom is -0.467 e. The number of thiazole rings is 1. The van der Waals surface area contributed by atoms with E-state index in [2.05, 4.69) is 24.0 Å². The number of aromatic nitrogens is 1. The van der Waals surface area contributed by atoms with E-state index in [1.165, 1.54) is 5.56 Å². The summed E-state index contributed by atoms with van der Waals surface area (Å²) in [6.45, 7) is 3.48. The van der Waals surface area contributed by atoms with Gasteiger partial charge in [0.25, 0.3) is 5.19 Å². The Kier molecular flexibility index (Phi) is 5.32. The van der Waals surface area contributed by atoms with Crippen molar-refractivity contribution in [2.24, 2.45) is 0 Å². The summed E-state index contributed by atoms with van der Waals surface area (Å²) in [5.41, 5.74) is 3.07. The van der Waals surface area contributed by atoms with E-state index in [1.807, 2.05) is 35.2 Å². The fourth-order valence-electron chi connectivity index (χ4n) is 3.40. The molecule has 1 aliphatic heterocycles. The van der Waals surface area contributed by atoms with Gasteiger partial charge in [0.1, 0.15) is 6.10 Å². The third kappa shape index (κ3) is 4.09. The zero-order chi connectivity index (χ0) is 18.8. The summed E-state index contributed by atoms with van der Waals surface area (Å²) in [6, 6.07) is 13.7. The number of carbonyl (C=O) groups is 1. The van der Waals surface area contributed by atoms with Crippen molar-refractivity contribution in [3.8, 4) is 5.19 Å². The zero-order valence-corrected chi connectivity index (χ0v) is 16.7. The molecule has 6 heteroatoms. The van der Waals surface area contributed by atoms with E-state index in [-0.39, 0.29) is 12.0 Å². The van der Waals surface area contributed by atoms with Crippen molar-refractivity contribution in [2.75, 3.05) is 13.1 Å². The molecule has 0 unspecified atom stereocenters. The molecule has 0 aliphatic carbocycles. The molecule has 0 bridgehead atoms. The molecule has 0 spiro atoms. The third-order valence-corrected chi connectivity index (χ3v) is 6.24. The molecule has 1 saturated heterocycles. The second kappa shape index (κ2) is 7.87. The molecule has 0 saturated carbocycles. The Morgan fingerprint density at radius 3 is 2.74 bits per heavy atom. The monoisotopic (exact) mass is 400 g/mol. The number of carbonyl (C=O) groups excluding carboxylic acids is 1. The molecule has 0 radical (unpaired) electrons. The van der Waals surface area contributed by atoms with Gasteiger partial charge in [-0.2, -0.15) is 0 Å². The highest BCUT2D eigenvalue weighted by atomic mass is 35.5. The molecule has 140 valence electrons. The van der Waals surface area contributed by atoms with Gasteiger partial charge in [0, 0.05) is 31.0 Å². The number of piperidine rings is 1. The van der Waals surface area contributed by atoms with Crippen LogP contribution in [0.3, 0.4) is 0 Å². The minimum atomic E-state index is 0.107. The molecule has 0 N–H and O–H groups in total. The summed E-state index contributed by atoms with van der Waals surface area (Å²) in [5, 5.41) is 1.37. The van der Waals surface area contributed by atoms with Crippen LogP contribution in [0.4, 0.5) is 0 Å². The topological polar surface area (TPSA) is 42.4 Å². The fourth-order valence-corrected chi connectivity index (χ4v) is 4.56. The van der Waals surface area contributed by atoms with Crippen molar-refractivity contribution in [3.63, 3.8) is 0 Å². The average Bonchev–Trinajstić information content (AvgIpc) is 3.08. The normalized spacial score (nSPS) is 15.3. The quantitative estimate of drug-likeness (QED) is 0.627. The van der Waals surface area contributed by atoms with Gasteiger partial charge < -0.3 is 9.64 Å². The second-order valence-corrected chi connectivity index (χ2v) is 8.27. The average molecular weight is 401 g/mol. The van der Waals surface area contributed by atoms with Crippen LogP contribution in [0.2, 0.25) is 5.02 Å². The molecule has 2 aromatic carbocycles. The maximum Gasteiger partial charge on any atom is 0.274 e. The van der Waals surface area contributed by atoms with Crippen molar-refractivity contribution in [2.45, 2.75) is 32.3 Å². The molecule has 4 rings (SSSR count). The van der Waals surface area contributed by atoms with E-state index < -0.39 is 0 Å². The summed E-state index contributed by atoms with van der Waals surface area (Å²) >= 11 is 7.76. The number of halogens is 1. The Balaban J connectivity index is 1.33. The number of fused-ring (bicyclic) bond motifs is 1. The van der Waals surface area contributed by atoms with Crippen molar-refractivity contribution in [1.82, 2.24) is 9.88 Å². The van der Waals surface area contributed by atoms with Gasteiger partial charge in [-0.3, -0.25) is 4.79 Å². The van der Waals surface area contributed by atoms with Crippen molar-refractivity contribution in [3.05, 3.63) is 58.6 Å². The number of para-hydroxylation sites is 1. The van der Waals surface area contributed by atoms with Gasteiger partial charge in [-0.1, -0.05) is 53.3 Å². The number of benzene rings is 2. The zero-order valence-electron chi connectivity index (χ0n) is 15.2. The van der Waals surface area contributed by atoms with Crippen LogP contribution in [-0.4, -0.2) is 35.0 Å². The molecule has 3 aromatic rings. The number of likely N-dealkylation sites (tertiary alicyclic amines) is 1. The van der Waals surface area contributed by atoms with E-state index in [9.17, 15) is 4.79 Å². The van der Waals surface area contributed by atoms with Crippen LogP contribution < -0.4 is 4.74 Å². The van der Waals surface area contributed by atoms with Gasteiger partial charge in [0.05, 0.1) is 16.6 Å². The van der Waals surface area contributed by atoms with Crippen LogP contribution in [-0.2, 0) is 11.2 Å². The van der Waals surface area contributed by atoms with Gasteiger partial charge in [-0.25, -0.2) is 4.98 Å². The van der Waals surface area contributed by atoms with E-state index in [0.29, 0.717) is 24.5 Å². The first kappa shape index (κ1) is 18.3. The fraction of sp³-hybridized carbons (Fsp3) is 0.333. The van der Waals surface area contributed by atoms with Crippen LogP contribution in [0.15, 0.2) is 42.5 Å². The lowest BCUT2D eigenvalue weighted by Gasteiger charge is -2.31. The van der Waals surface area contributed by atoms with Crippen LogP contribution in [0.5, 0.6) is 5.19 Å². The number of ether oxygens (including phenoxy) is 1. The van der Waals surface area contributed by atoms with Crippen LogP contribution >= 0.6 is 22.9 Å². The lowest BCUT2D eigenvalue weighted by atomic mass is 10.1. The van der Waals surface area contributed by atoms with Crippen molar-refractivity contribution < 1.29 is 9.53 Å². The summed E-state index contributed by atoms with van der Waals surface area (Å²) in [7, 11) is 0. The maximum atomic E-state index is 12.6. The first-order valence-corrected chi connectivity index (χ1v) is 10.3. The Bertz CT molecular complexity index is 964. The van der Waals surface area contributed by atoms with E-state index in [0.717, 1.165) is 33.8 Å². The van der Waals surface area contributed by atoms with Crippen LogP contribution in [0.1, 0.15) is 24.0 Å². The van der Waals surface area contributed by atoms with Crippen molar-refractivity contribution in [1.29, 1.82) is 0 Å². The number of rotatable bonds is 4. The molecular weight excluding hydrogens is 380 g/mol. The molecule has 4 nitrogen and oxygen atoms in total. The Morgan fingerprint density at radius 1 is 1.22 bits per heavy atom. The predicted octanol–water partition coefficient (Wildman–Crippen LogP) is 4.87. The molecule has 27 heavy (non-hydrogen) atoms. The molecule has 1 fully saturated rings. The van der Waals surface area contributed by atoms with E-state index in [4.69, 9.17) is 16.3 Å². The maximum absolute atomic E-state index is 12.6. The summed E-state index contributed by atoms with van der Waals surface area (Å²) < 4.78 is 7.26. The Hall–Kier alpha value is -2.11. The van der Waals surface area contributed by atoms with E-state index >= 15 is 0 Å². The first-order chi connectivity index (χ1) is 13.1. The largest absolute Gasteiger partial charge is 0.467 e. The number of hydrogen-bond donors (Lipinski definition) is 0. The van der Waals surface area contributed by atoms with Crippen LogP contribution in [0, 0.1) is 6.92 Å². The van der Waals surface area contributed by atoms with Gasteiger partial charge in [-0.15, -0.1) is 0 Å². The highest BCUT2D eigenvalue weighted by Gasteiger charge is 2.25. The van der Waals surface area contributed by atoms with Crippen molar-refractivity contribution >= 4 is 39.1 Å². The van der Waals surface area contributed by atoms with Gasteiger partial charge >= 0.3 is 0 Å². The van der Waals surface area contributed by atoms with Gasteiger partial charge in [-0.05, 0) is 30.2 Å². The molecule has 0 atom stereocenters. The molecular formula is C21H21ClN2O2S. The molecule has 1 aromatic heterocycles. The van der Waals surface area contributed by atoms with Gasteiger partial charge in [0.2, 0.25) is 5.91 Å². The summed E-state index contributed by atoms with van der Waals surface area (Å²) in [5.74, 6) is 0.122. The minimum absolute atomic E-state index is 0.107. The molecule has 2 heterocycles. The smallest absolute Gasteiger partial charge is 0.274 e.